The van der Waals surface area contributed by atoms with E-state index in [1.807, 2.05) is 13.0 Å². The number of aryl methyl sites for hydroxylation is 1. The van der Waals surface area contributed by atoms with Gasteiger partial charge in [0.15, 0.2) is 0 Å². The standard InChI is InChI=1S/C12H10N2O/c1-4-9-5-10-7-13-8(2)14-12(10)11(6-9)15-3/h1,5-7H,2-3H3. The van der Waals surface area contributed by atoms with Crippen molar-refractivity contribution < 1.29 is 4.74 Å². The number of methoxy groups -OCH3 is 1. The molecular formula is C12H10N2O. The van der Waals surface area contributed by atoms with Gasteiger partial charge in [-0.05, 0) is 19.1 Å². The molecule has 1 aromatic carbocycles. The lowest BCUT2D eigenvalue weighted by Gasteiger charge is -2.05. The quantitative estimate of drug-likeness (QED) is 0.657. The lowest BCUT2D eigenvalue weighted by Crippen LogP contribution is -1.93. The van der Waals surface area contributed by atoms with E-state index in [-0.39, 0.29) is 0 Å². The van der Waals surface area contributed by atoms with Gasteiger partial charge in [0.05, 0.1) is 7.11 Å². The number of benzene rings is 1. The summed E-state index contributed by atoms with van der Waals surface area (Å²) in [4.78, 5) is 8.44. The predicted molar refractivity (Wildman–Crippen MR) is 58.8 cm³/mol. The van der Waals surface area contributed by atoms with Gasteiger partial charge >= 0.3 is 0 Å². The van der Waals surface area contributed by atoms with Gasteiger partial charge in [0.2, 0.25) is 0 Å². The third-order valence-electron chi connectivity index (χ3n) is 2.16. The number of ether oxygens (including phenoxy) is 1. The number of hydrogen-bond acceptors (Lipinski definition) is 3. The molecule has 0 amide bonds. The van der Waals surface area contributed by atoms with Crippen LogP contribution in [0.3, 0.4) is 0 Å². The molecule has 2 rings (SSSR count). The molecule has 1 heterocycles. The second-order valence-corrected chi connectivity index (χ2v) is 3.18. The SMILES string of the molecule is C#Cc1cc(OC)c2nc(C)ncc2c1. The van der Waals surface area contributed by atoms with E-state index in [0.29, 0.717) is 11.6 Å². The lowest BCUT2D eigenvalue weighted by atomic mass is 10.1. The van der Waals surface area contributed by atoms with Gasteiger partial charge in [0.1, 0.15) is 17.1 Å². The van der Waals surface area contributed by atoms with Gasteiger partial charge in [-0.1, -0.05) is 5.92 Å². The Morgan fingerprint density at radius 3 is 2.87 bits per heavy atom. The van der Waals surface area contributed by atoms with Crippen molar-refractivity contribution in [1.82, 2.24) is 9.97 Å². The number of nitrogens with zero attached hydrogens (tertiary/aromatic N) is 2. The van der Waals surface area contributed by atoms with Crippen molar-refractivity contribution in [3.8, 4) is 18.1 Å². The highest BCUT2D eigenvalue weighted by atomic mass is 16.5. The van der Waals surface area contributed by atoms with Crippen LogP contribution in [0, 0.1) is 19.3 Å². The first-order valence-electron chi connectivity index (χ1n) is 4.52. The summed E-state index contributed by atoms with van der Waals surface area (Å²) in [5, 5.41) is 0.896. The van der Waals surface area contributed by atoms with Crippen molar-refractivity contribution in [2.24, 2.45) is 0 Å². The molecular weight excluding hydrogens is 188 g/mol. The predicted octanol–water partition coefficient (Wildman–Crippen LogP) is 1.93. The molecule has 0 bridgehead atoms. The fourth-order valence-electron chi connectivity index (χ4n) is 1.44. The molecule has 0 spiro atoms. The van der Waals surface area contributed by atoms with Crippen LogP contribution in [-0.2, 0) is 0 Å². The monoisotopic (exact) mass is 198 g/mol. The van der Waals surface area contributed by atoms with Crippen LogP contribution in [0.25, 0.3) is 10.9 Å². The van der Waals surface area contributed by atoms with Crippen molar-refractivity contribution in [1.29, 1.82) is 0 Å². The molecule has 0 aliphatic carbocycles. The number of fused-ring (bicyclic) bond motifs is 1. The van der Waals surface area contributed by atoms with E-state index in [1.165, 1.54) is 0 Å². The topological polar surface area (TPSA) is 35.0 Å². The number of rotatable bonds is 1. The van der Waals surface area contributed by atoms with E-state index in [2.05, 4.69) is 15.9 Å². The minimum atomic E-state index is 0.686. The van der Waals surface area contributed by atoms with Crippen molar-refractivity contribution >= 4 is 10.9 Å². The van der Waals surface area contributed by atoms with Crippen LogP contribution >= 0.6 is 0 Å². The average Bonchev–Trinajstić information content (AvgIpc) is 2.27. The summed E-state index contributed by atoms with van der Waals surface area (Å²) in [5.41, 5.74) is 1.57. The van der Waals surface area contributed by atoms with E-state index in [9.17, 15) is 0 Å². The van der Waals surface area contributed by atoms with Gasteiger partial charge < -0.3 is 4.74 Å². The minimum absolute atomic E-state index is 0.686. The Bertz CT molecular complexity index is 555. The molecule has 15 heavy (non-hydrogen) atoms. The summed E-state index contributed by atoms with van der Waals surface area (Å²) in [6.07, 6.45) is 7.10. The number of aromatic nitrogens is 2. The van der Waals surface area contributed by atoms with E-state index >= 15 is 0 Å². The summed E-state index contributed by atoms with van der Waals surface area (Å²) < 4.78 is 5.24. The molecule has 0 N–H and O–H groups in total. The lowest BCUT2D eigenvalue weighted by molar-refractivity contribution is 0.418. The van der Waals surface area contributed by atoms with E-state index in [0.717, 1.165) is 16.5 Å². The second kappa shape index (κ2) is 3.58. The maximum Gasteiger partial charge on any atom is 0.146 e. The maximum absolute atomic E-state index is 5.35. The fourth-order valence-corrected chi connectivity index (χ4v) is 1.44. The Hall–Kier alpha value is -2.08. The average molecular weight is 198 g/mol. The van der Waals surface area contributed by atoms with E-state index < -0.39 is 0 Å². The zero-order valence-corrected chi connectivity index (χ0v) is 8.61. The minimum Gasteiger partial charge on any atom is -0.494 e. The maximum atomic E-state index is 5.35. The normalized spacial score (nSPS) is 9.93. The summed E-state index contributed by atoms with van der Waals surface area (Å²) in [6, 6.07) is 3.67. The summed E-state index contributed by atoms with van der Waals surface area (Å²) in [6.45, 7) is 1.84. The Morgan fingerprint density at radius 2 is 2.20 bits per heavy atom. The molecule has 74 valence electrons. The molecule has 0 atom stereocenters. The van der Waals surface area contributed by atoms with Crippen molar-refractivity contribution in [3.05, 3.63) is 29.7 Å². The number of hydrogen-bond donors (Lipinski definition) is 0. The van der Waals surface area contributed by atoms with Crippen LogP contribution in [0.4, 0.5) is 0 Å². The first-order chi connectivity index (χ1) is 7.24. The van der Waals surface area contributed by atoms with Crippen LogP contribution in [0.5, 0.6) is 5.75 Å². The Labute approximate surface area is 88.1 Å². The van der Waals surface area contributed by atoms with Crippen LogP contribution in [0.1, 0.15) is 11.4 Å². The molecule has 0 aliphatic heterocycles. The third kappa shape index (κ3) is 1.62. The van der Waals surface area contributed by atoms with Gasteiger partial charge in [-0.3, -0.25) is 0 Å². The molecule has 0 saturated carbocycles. The van der Waals surface area contributed by atoms with Gasteiger partial charge in [-0.15, -0.1) is 6.42 Å². The van der Waals surface area contributed by atoms with Crippen molar-refractivity contribution in [3.63, 3.8) is 0 Å². The molecule has 3 heteroatoms. The molecule has 1 aromatic heterocycles. The summed E-state index contributed by atoms with van der Waals surface area (Å²) >= 11 is 0. The first kappa shape index (κ1) is 9.47. The largest absolute Gasteiger partial charge is 0.494 e. The third-order valence-corrected chi connectivity index (χ3v) is 2.16. The smallest absolute Gasteiger partial charge is 0.146 e. The van der Waals surface area contributed by atoms with Crippen LogP contribution < -0.4 is 4.74 Å². The molecule has 2 aromatic rings. The van der Waals surface area contributed by atoms with Crippen molar-refractivity contribution in [2.45, 2.75) is 6.92 Å². The van der Waals surface area contributed by atoms with Crippen LogP contribution in [0.2, 0.25) is 0 Å². The molecule has 0 radical (unpaired) electrons. The van der Waals surface area contributed by atoms with E-state index in [4.69, 9.17) is 11.2 Å². The second-order valence-electron chi connectivity index (χ2n) is 3.18. The highest BCUT2D eigenvalue weighted by Crippen LogP contribution is 2.24. The highest BCUT2D eigenvalue weighted by Gasteiger charge is 2.05. The Morgan fingerprint density at radius 1 is 1.40 bits per heavy atom. The zero-order chi connectivity index (χ0) is 10.8. The van der Waals surface area contributed by atoms with Crippen LogP contribution in [-0.4, -0.2) is 17.1 Å². The van der Waals surface area contributed by atoms with Gasteiger partial charge in [-0.25, -0.2) is 9.97 Å². The van der Waals surface area contributed by atoms with Gasteiger partial charge in [0.25, 0.3) is 0 Å². The van der Waals surface area contributed by atoms with Gasteiger partial charge in [0, 0.05) is 17.1 Å². The molecule has 3 nitrogen and oxygen atoms in total. The molecule has 0 unspecified atom stereocenters. The summed E-state index contributed by atoms with van der Waals surface area (Å²) in [7, 11) is 1.60. The van der Waals surface area contributed by atoms with Crippen LogP contribution in [0.15, 0.2) is 18.3 Å². The van der Waals surface area contributed by atoms with E-state index in [1.54, 1.807) is 19.4 Å². The zero-order valence-electron chi connectivity index (χ0n) is 8.61. The fraction of sp³-hybridized carbons (Fsp3) is 0.167. The van der Waals surface area contributed by atoms with Crippen molar-refractivity contribution in [2.75, 3.05) is 7.11 Å². The highest BCUT2D eigenvalue weighted by molar-refractivity contribution is 5.85. The molecule has 0 saturated heterocycles. The molecule has 0 aliphatic rings. The Balaban J connectivity index is 2.82. The number of terminal acetylenes is 1. The first-order valence-corrected chi connectivity index (χ1v) is 4.52. The summed E-state index contributed by atoms with van der Waals surface area (Å²) in [5.74, 6) is 3.98. The van der Waals surface area contributed by atoms with Gasteiger partial charge in [-0.2, -0.15) is 0 Å². The molecule has 0 fully saturated rings. The Kier molecular flexibility index (Phi) is 2.26.